The van der Waals surface area contributed by atoms with Crippen molar-refractivity contribution in [3.05, 3.63) is 59.7 Å². The SMILES string of the molecule is CCC(C)CC(NC(=O)OCC1c2ccccc2-c2ccccc21)C(=O)NC(CC(=O)O)C(F)F. The van der Waals surface area contributed by atoms with E-state index in [1.807, 2.05) is 62.4 Å². The number of hydrogen-bond acceptors (Lipinski definition) is 4. The van der Waals surface area contributed by atoms with Crippen LogP contribution in [0.5, 0.6) is 0 Å². The monoisotopic (exact) mass is 488 g/mol. The largest absolute Gasteiger partial charge is 0.481 e. The number of carboxylic acid groups (broad SMARTS) is 1. The molecule has 0 heterocycles. The van der Waals surface area contributed by atoms with E-state index in [0.29, 0.717) is 6.42 Å². The lowest BCUT2D eigenvalue weighted by atomic mass is 9.98. The molecule has 0 saturated heterocycles. The van der Waals surface area contributed by atoms with E-state index in [-0.39, 0.29) is 24.9 Å². The third kappa shape index (κ3) is 6.55. The molecule has 188 valence electrons. The highest BCUT2D eigenvalue weighted by molar-refractivity contribution is 5.86. The van der Waals surface area contributed by atoms with Gasteiger partial charge in [-0.3, -0.25) is 9.59 Å². The van der Waals surface area contributed by atoms with Crippen LogP contribution in [0.25, 0.3) is 11.1 Å². The summed E-state index contributed by atoms with van der Waals surface area (Å²) in [6.45, 7) is 3.80. The molecule has 1 aliphatic rings. The first-order chi connectivity index (χ1) is 16.7. The van der Waals surface area contributed by atoms with Gasteiger partial charge in [-0.05, 0) is 34.6 Å². The Bertz CT molecular complexity index is 1020. The number of halogens is 2. The highest BCUT2D eigenvalue weighted by atomic mass is 19.3. The maximum atomic E-state index is 13.2. The van der Waals surface area contributed by atoms with Gasteiger partial charge in [-0.2, -0.15) is 0 Å². The predicted molar refractivity (Wildman–Crippen MR) is 126 cm³/mol. The third-order valence-corrected chi connectivity index (χ3v) is 6.31. The van der Waals surface area contributed by atoms with Gasteiger partial charge in [0, 0.05) is 5.92 Å². The number of ether oxygens (including phenoxy) is 1. The number of alkyl carbamates (subject to hydrolysis) is 1. The second-order valence-corrected chi connectivity index (χ2v) is 8.82. The van der Waals surface area contributed by atoms with E-state index in [4.69, 9.17) is 9.84 Å². The van der Waals surface area contributed by atoms with Crippen LogP contribution in [0.1, 0.15) is 50.2 Å². The van der Waals surface area contributed by atoms with Crippen LogP contribution in [-0.2, 0) is 14.3 Å². The minimum absolute atomic E-state index is 0.00381. The van der Waals surface area contributed by atoms with E-state index >= 15 is 0 Å². The Morgan fingerprint density at radius 3 is 2.09 bits per heavy atom. The van der Waals surface area contributed by atoms with Gasteiger partial charge in [0.2, 0.25) is 5.91 Å². The van der Waals surface area contributed by atoms with E-state index in [0.717, 1.165) is 22.3 Å². The van der Waals surface area contributed by atoms with Crippen molar-refractivity contribution < 1.29 is 33.0 Å². The second-order valence-electron chi connectivity index (χ2n) is 8.82. The lowest BCUT2D eigenvalue weighted by molar-refractivity contribution is -0.139. The smallest absolute Gasteiger partial charge is 0.407 e. The number of benzene rings is 2. The molecule has 3 atom stereocenters. The molecule has 2 aromatic rings. The van der Waals surface area contributed by atoms with E-state index in [9.17, 15) is 23.2 Å². The molecular weight excluding hydrogens is 458 g/mol. The molecule has 7 nitrogen and oxygen atoms in total. The topological polar surface area (TPSA) is 105 Å². The number of rotatable bonds is 11. The highest BCUT2D eigenvalue weighted by Gasteiger charge is 2.32. The van der Waals surface area contributed by atoms with Crippen molar-refractivity contribution in [3.8, 4) is 11.1 Å². The summed E-state index contributed by atoms with van der Waals surface area (Å²) in [5, 5.41) is 13.4. The molecule has 1 aliphatic carbocycles. The molecule has 0 aromatic heterocycles. The van der Waals surface area contributed by atoms with Gasteiger partial charge in [-0.1, -0.05) is 68.8 Å². The van der Waals surface area contributed by atoms with Crippen LogP contribution in [0, 0.1) is 5.92 Å². The van der Waals surface area contributed by atoms with Crippen molar-refractivity contribution in [2.24, 2.45) is 5.92 Å². The lowest BCUT2D eigenvalue weighted by Crippen LogP contribution is -2.52. The fourth-order valence-corrected chi connectivity index (χ4v) is 4.26. The first-order valence-electron chi connectivity index (χ1n) is 11.6. The summed E-state index contributed by atoms with van der Waals surface area (Å²) in [5.41, 5.74) is 4.21. The molecule has 3 rings (SSSR count). The van der Waals surface area contributed by atoms with Crippen molar-refractivity contribution in [1.82, 2.24) is 10.6 Å². The fourth-order valence-electron chi connectivity index (χ4n) is 4.26. The standard InChI is InChI=1S/C26H30F2N2O5/c1-3-15(2)12-22(25(33)29-21(24(27)28)13-23(31)32)30-26(34)35-14-20-18-10-6-4-8-16(18)17-9-5-7-11-19(17)20/h4-11,15,20-22,24H,3,12-14H2,1-2H3,(H,29,33)(H,30,34)(H,31,32). The summed E-state index contributed by atoms with van der Waals surface area (Å²) < 4.78 is 31.9. The van der Waals surface area contributed by atoms with Crippen LogP contribution in [0.15, 0.2) is 48.5 Å². The Labute approximate surface area is 202 Å². The quantitative estimate of drug-likeness (QED) is 0.430. The molecule has 2 amide bonds. The first kappa shape index (κ1) is 26.1. The molecule has 9 heteroatoms. The molecule has 3 N–H and O–H groups in total. The van der Waals surface area contributed by atoms with Crippen molar-refractivity contribution >= 4 is 18.0 Å². The van der Waals surface area contributed by atoms with Crippen molar-refractivity contribution in [1.29, 1.82) is 0 Å². The number of carbonyl (C=O) groups is 3. The van der Waals surface area contributed by atoms with E-state index in [2.05, 4.69) is 10.6 Å². The normalized spacial score (nSPS) is 15.0. The van der Waals surface area contributed by atoms with Crippen molar-refractivity contribution in [3.63, 3.8) is 0 Å². The molecule has 0 aliphatic heterocycles. The molecule has 2 aromatic carbocycles. The molecule has 35 heavy (non-hydrogen) atoms. The number of alkyl halides is 2. The lowest BCUT2D eigenvalue weighted by Gasteiger charge is -2.24. The average Bonchev–Trinajstić information content (AvgIpc) is 3.15. The maximum absolute atomic E-state index is 13.2. The zero-order valence-corrected chi connectivity index (χ0v) is 19.7. The van der Waals surface area contributed by atoms with Crippen LogP contribution in [-0.4, -0.2) is 48.2 Å². The minimum atomic E-state index is -3.06. The number of aliphatic carboxylic acids is 1. The Morgan fingerprint density at radius 2 is 1.57 bits per heavy atom. The van der Waals surface area contributed by atoms with Crippen LogP contribution < -0.4 is 10.6 Å². The summed E-state index contributed by atoms with van der Waals surface area (Å²) in [5.74, 6) is -2.50. The summed E-state index contributed by atoms with van der Waals surface area (Å²) in [4.78, 5) is 36.2. The Balaban J connectivity index is 1.68. The van der Waals surface area contributed by atoms with Crippen LogP contribution in [0.2, 0.25) is 0 Å². The molecule has 0 fully saturated rings. The summed E-state index contributed by atoms with van der Waals surface area (Å²) in [6, 6.07) is 12.7. The number of nitrogens with one attached hydrogen (secondary N) is 2. The van der Waals surface area contributed by atoms with Gasteiger partial charge in [0.1, 0.15) is 18.7 Å². The Kier molecular flexibility index (Phi) is 8.78. The van der Waals surface area contributed by atoms with Crippen LogP contribution in [0.4, 0.5) is 13.6 Å². The molecule has 0 radical (unpaired) electrons. The number of fused-ring (bicyclic) bond motifs is 3. The highest BCUT2D eigenvalue weighted by Crippen LogP contribution is 2.44. The minimum Gasteiger partial charge on any atom is -0.481 e. The number of amides is 2. The number of carbonyl (C=O) groups excluding carboxylic acids is 2. The average molecular weight is 489 g/mol. The predicted octanol–water partition coefficient (Wildman–Crippen LogP) is 4.55. The number of carboxylic acids is 1. The molecular formula is C26H30F2N2O5. The zero-order valence-electron chi connectivity index (χ0n) is 19.7. The van der Waals surface area contributed by atoms with Gasteiger partial charge in [0.25, 0.3) is 6.43 Å². The van der Waals surface area contributed by atoms with Crippen LogP contribution >= 0.6 is 0 Å². The number of hydrogen-bond donors (Lipinski definition) is 3. The first-order valence-corrected chi connectivity index (χ1v) is 11.6. The summed E-state index contributed by atoms with van der Waals surface area (Å²) in [7, 11) is 0. The fraction of sp³-hybridized carbons (Fsp3) is 0.423. The van der Waals surface area contributed by atoms with Gasteiger partial charge in [-0.25, -0.2) is 13.6 Å². The molecule has 0 saturated carbocycles. The molecule has 3 unspecified atom stereocenters. The van der Waals surface area contributed by atoms with E-state index in [1.54, 1.807) is 0 Å². The Morgan fingerprint density at radius 1 is 1.00 bits per heavy atom. The van der Waals surface area contributed by atoms with E-state index < -0.39 is 42.9 Å². The molecule has 0 spiro atoms. The van der Waals surface area contributed by atoms with Gasteiger partial charge >= 0.3 is 12.1 Å². The van der Waals surface area contributed by atoms with E-state index in [1.165, 1.54) is 0 Å². The maximum Gasteiger partial charge on any atom is 0.407 e. The Hall–Kier alpha value is -3.49. The van der Waals surface area contributed by atoms with Gasteiger partial charge in [-0.15, -0.1) is 0 Å². The van der Waals surface area contributed by atoms with Crippen molar-refractivity contribution in [2.75, 3.05) is 6.61 Å². The third-order valence-electron chi connectivity index (χ3n) is 6.31. The summed E-state index contributed by atoms with van der Waals surface area (Å²) >= 11 is 0. The van der Waals surface area contributed by atoms with Crippen molar-refractivity contribution in [2.45, 2.75) is 57.5 Å². The molecule has 0 bridgehead atoms. The summed E-state index contributed by atoms with van der Waals surface area (Å²) in [6.07, 6.45) is -3.94. The van der Waals surface area contributed by atoms with Gasteiger partial charge in [0.15, 0.2) is 0 Å². The van der Waals surface area contributed by atoms with Crippen LogP contribution in [0.3, 0.4) is 0 Å². The van der Waals surface area contributed by atoms with Gasteiger partial charge in [0.05, 0.1) is 6.42 Å². The zero-order chi connectivity index (χ0) is 25.5. The van der Waals surface area contributed by atoms with Gasteiger partial charge < -0.3 is 20.5 Å². The second kappa shape index (κ2) is 11.8.